The molecule has 2 unspecified atom stereocenters. The third-order valence-corrected chi connectivity index (χ3v) is 6.28. The Bertz CT molecular complexity index is 1190. The van der Waals surface area contributed by atoms with Crippen LogP contribution >= 0.6 is 0 Å². The van der Waals surface area contributed by atoms with E-state index in [1.165, 1.54) is 0 Å². The molecular formula is C21H22N6O2. The molecule has 0 spiro atoms. The van der Waals surface area contributed by atoms with E-state index in [4.69, 9.17) is 15.0 Å². The first-order valence-corrected chi connectivity index (χ1v) is 9.84. The van der Waals surface area contributed by atoms with Crippen molar-refractivity contribution in [2.75, 3.05) is 18.5 Å². The van der Waals surface area contributed by atoms with Crippen molar-refractivity contribution in [1.29, 1.82) is 5.26 Å². The molecule has 148 valence electrons. The molecule has 2 aromatic heterocycles. The van der Waals surface area contributed by atoms with Gasteiger partial charge in [0, 0.05) is 32.0 Å². The molecule has 1 aromatic carbocycles. The summed E-state index contributed by atoms with van der Waals surface area (Å²) < 4.78 is 9.04. The largest absolute Gasteiger partial charge is 0.381 e. The minimum absolute atomic E-state index is 0.0492. The molecule has 1 N–H and O–H groups in total. The van der Waals surface area contributed by atoms with Gasteiger partial charge in [-0.05, 0) is 55.4 Å². The summed E-state index contributed by atoms with van der Waals surface area (Å²) in [6, 6.07) is 7.70. The van der Waals surface area contributed by atoms with E-state index in [1.807, 2.05) is 23.6 Å². The number of nitrogens with one attached hydrogen (secondary N) is 1. The number of fused-ring (bicyclic) bond motifs is 2. The lowest BCUT2D eigenvalue weighted by molar-refractivity contribution is 0.167. The van der Waals surface area contributed by atoms with Gasteiger partial charge in [-0.3, -0.25) is 9.13 Å². The van der Waals surface area contributed by atoms with Crippen molar-refractivity contribution >= 4 is 22.8 Å². The summed E-state index contributed by atoms with van der Waals surface area (Å²) in [5.74, 6) is 1.50. The number of nitrogens with zero attached hydrogens (tertiary/aromatic N) is 5. The van der Waals surface area contributed by atoms with Crippen LogP contribution in [0.25, 0.3) is 11.2 Å². The van der Waals surface area contributed by atoms with E-state index < -0.39 is 0 Å². The number of imidazole rings is 1. The van der Waals surface area contributed by atoms with Crippen molar-refractivity contribution in [2.24, 2.45) is 18.9 Å². The first-order chi connectivity index (χ1) is 14.0. The van der Waals surface area contributed by atoms with Gasteiger partial charge < -0.3 is 10.1 Å². The van der Waals surface area contributed by atoms with Crippen LogP contribution in [0.4, 0.5) is 11.6 Å². The summed E-state index contributed by atoms with van der Waals surface area (Å²) in [5.41, 5.74) is 3.71. The summed E-state index contributed by atoms with van der Waals surface area (Å²) in [4.78, 5) is 22.1. The molecule has 8 heteroatoms. The molecule has 0 amide bonds. The van der Waals surface area contributed by atoms with Crippen molar-refractivity contribution in [3.05, 3.63) is 46.0 Å². The number of hydrogen-bond acceptors (Lipinski definition) is 6. The molecule has 1 saturated carbocycles. The minimum atomic E-state index is -0.0492. The van der Waals surface area contributed by atoms with E-state index in [0.29, 0.717) is 29.0 Å². The first kappa shape index (κ1) is 17.9. The topological polar surface area (TPSA) is 97.8 Å². The Kier molecular flexibility index (Phi) is 4.14. The van der Waals surface area contributed by atoms with Crippen LogP contribution in [-0.4, -0.2) is 32.3 Å². The molecule has 3 heterocycles. The maximum absolute atomic E-state index is 13.0. The predicted octanol–water partition coefficient (Wildman–Crippen LogP) is 2.65. The molecule has 1 aliphatic heterocycles. The average molecular weight is 390 g/mol. The lowest BCUT2D eigenvalue weighted by Crippen LogP contribution is -2.25. The maximum Gasteiger partial charge on any atom is 0.330 e. The first-order valence-electron chi connectivity index (χ1n) is 9.84. The zero-order valence-electron chi connectivity index (χ0n) is 16.4. The Labute approximate surface area is 167 Å². The van der Waals surface area contributed by atoms with Gasteiger partial charge in [0.25, 0.3) is 0 Å². The zero-order valence-corrected chi connectivity index (χ0v) is 16.4. The highest BCUT2D eigenvalue weighted by Gasteiger charge is 2.40. The van der Waals surface area contributed by atoms with Gasteiger partial charge in [0.05, 0.1) is 17.8 Å². The third kappa shape index (κ3) is 2.89. The van der Waals surface area contributed by atoms with E-state index in [1.54, 1.807) is 23.9 Å². The van der Waals surface area contributed by atoms with E-state index >= 15 is 0 Å². The molecular weight excluding hydrogens is 368 g/mol. The molecule has 3 aromatic rings. The van der Waals surface area contributed by atoms with Gasteiger partial charge >= 0.3 is 5.69 Å². The lowest BCUT2D eigenvalue weighted by atomic mass is 10.0. The Morgan fingerprint density at radius 3 is 2.72 bits per heavy atom. The Hall–Kier alpha value is -3.18. The Morgan fingerprint density at radius 2 is 2.03 bits per heavy atom. The second-order valence-electron chi connectivity index (χ2n) is 8.06. The normalized spacial score (nSPS) is 23.3. The minimum Gasteiger partial charge on any atom is -0.381 e. The standard InChI is InChI=1S/C21H22N6O2/c1-12-5-13(8-22)3-4-17(12)24-20-23-9-18-19(25-20)27(21(28)26(18)2)16-6-14-10-29-11-15(14)7-16/h3-5,9,14-16H,6-7,10-11H2,1-2H3,(H,23,24,25). The Balaban J connectivity index is 1.53. The van der Waals surface area contributed by atoms with Crippen LogP contribution in [0.5, 0.6) is 0 Å². The van der Waals surface area contributed by atoms with Gasteiger partial charge in [-0.1, -0.05) is 0 Å². The van der Waals surface area contributed by atoms with Gasteiger partial charge in [-0.25, -0.2) is 9.78 Å². The maximum atomic E-state index is 13.0. The number of anilines is 2. The number of aromatic nitrogens is 4. The van der Waals surface area contributed by atoms with Gasteiger partial charge in [0.1, 0.15) is 5.52 Å². The van der Waals surface area contributed by atoms with Gasteiger partial charge in [0.15, 0.2) is 5.65 Å². The van der Waals surface area contributed by atoms with Gasteiger partial charge in [0.2, 0.25) is 5.95 Å². The Morgan fingerprint density at radius 1 is 1.28 bits per heavy atom. The molecule has 0 bridgehead atoms. The number of hydrogen-bond donors (Lipinski definition) is 1. The van der Waals surface area contributed by atoms with E-state index in [0.717, 1.165) is 42.8 Å². The summed E-state index contributed by atoms with van der Waals surface area (Å²) in [7, 11) is 1.77. The quantitative estimate of drug-likeness (QED) is 0.738. The van der Waals surface area contributed by atoms with Gasteiger partial charge in [-0.15, -0.1) is 0 Å². The number of nitriles is 1. The molecule has 1 aliphatic carbocycles. The lowest BCUT2D eigenvalue weighted by Gasteiger charge is -2.13. The van der Waals surface area contributed by atoms with Crippen LogP contribution in [-0.2, 0) is 11.8 Å². The fourth-order valence-corrected chi connectivity index (χ4v) is 4.69. The highest BCUT2D eigenvalue weighted by Crippen LogP contribution is 2.43. The summed E-state index contributed by atoms with van der Waals surface area (Å²) in [6.07, 6.45) is 3.59. The van der Waals surface area contributed by atoms with Crippen molar-refractivity contribution in [2.45, 2.75) is 25.8 Å². The molecule has 2 atom stereocenters. The van der Waals surface area contributed by atoms with Crippen LogP contribution < -0.4 is 11.0 Å². The highest BCUT2D eigenvalue weighted by atomic mass is 16.5. The smallest absolute Gasteiger partial charge is 0.330 e. The summed E-state index contributed by atoms with van der Waals surface area (Å²) in [6.45, 7) is 3.51. The zero-order chi connectivity index (χ0) is 20.1. The van der Waals surface area contributed by atoms with Crippen molar-refractivity contribution < 1.29 is 4.74 Å². The van der Waals surface area contributed by atoms with Crippen LogP contribution in [0.15, 0.2) is 29.2 Å². The molecule has 0 radical (unpaired) electrons. The third-order valence-electron chi connectivity index (χ3n) is 6.28. The fraction of sp³-hybridized carbons (Fsp3) is 0.429. The van der Waals surface area contributed by atoms with Crippen LogP contribution in [0.1, 0.15) is 30.0 Å². The summed E-state index contributed by atoms with van der Waals surface area (Å²) >= 11 is 0. The van der Waals surface area contributed by atoms with Crippen molar-refractivity contribution in [1.82, 2.24) is 19.1 Å². The molecule has 1 saturated heterocycles. The summed E-state index contributed by atoms with van der Waals surface area (Å²) in [5, 5.41) is 12.3. The van der Waals surface area contributed by atoms with E-state index in [9.17, 15) is 4.79 Å². The molecule has 5 rings (SSSR count). The molecule has 29 heavy (non-hydrogen) atoms. The van der Waals surface area contributed by atoms with Crippen molar-refractivity contribution in [3.8, 4) is 6.07 Å². The number of benzene rings is 1. The highest BCUT2D eigenvalue weighted by molar-refractivity contribution is 5.73. The SMILES string of the molecule is Cc1cc(C#N)ccc1Nc1ncc2c(n1)n(C1CC3COCC3C1)c(=O)n2C. The predicted molar refractivity (Wildman–Crippen MR) is 108 cm³/mol. The monoisotopic (exact) mass is 390 g/mol. The number of ether oxygens (including phenoxy) is 1. The average Bonchev–Trinajstić information content (AvgIpc) is 3.37. The van der Waals surface area contributed by atoms with E-state index in [2.05, 4.69) is 16.4 Å². The van der Waals surface area contributed by atoms with Crippen LogP contribution in [0.2, 0.25) is 0 Å². The molecule has 8 nitrogen and oxygen atoms in total. The van der Waals surface area contributed by atoms with Gasteiger partial charge in [-0.2, -0.15) is 10.2 Å². The second kappa shape index (κ2) is 6.71. The van der Waals surface area contributed by atoms with E-state index in [-0.39, 0.29) is 11.7 Å². The number of rotatable bonds is 3. The van der Waals surface area contributed by atoms with Crippen LogP contribution in [0.3, 0.4) is 0 Å². The van der Waals surface area contributed by atoms with Crippen LogP contribution in [0, 0.1) is 30.1 Å². The molecule has 2 aliphatic rings. The second-order valence-corrected chi connectivity index (χ2v) is 8.06. The van der Waals surface area contributed by atoms with Crippen molar-refractivity contribution in [3.63, 3.8) is 0 Å². The fourth-order valence-electron chi connectivity index (χ4n) is 4.69. The molecule has 2 fully saturated rings. The number of aryl methyl sites for hydroxylation is 2.